The summed E-state index contributed by atoms with van der Waals surface area (Å²) in [6, 6.07) is 13.2. The Morgan fingerprint density at radius 2 is 2.00 bits per heavy atom. The van der Waals surface area contributed by atoms with Gasteiger partial charge in [0, 0.05) is 0 Å². The van der Waals surface area contributed by atoms with Gasteiger partial charge >= 0.3 is 0 Å². The molecule has 5 nitrogen and oxygen atoms in total. The molecule has 0 aliphatic heterocycles. The van der Waals surface area contributed by atoms with Crippen molar-refractivity contribution in [3.05, 3.63) is 48.0 Å². The lowest BCUT2D eigenvalue weighted by Gasteiger charge is -2.04. The maximum atomic E-state index is 12.2. The third-order valence-corrected chi connectivity index (χ3v) is 4.28. The van der Waals surface area contributed by atoms with Crippen LogP contribution in [0.2, 0.25) is 0 Å². The Labute approximate surface area is 137 Å². The van der Waals surface area contributed by atoms with Crippen LogP contribution in [0.4, 0.5) is 5.13 Å². The second-order valence-electron chi connectivity index (χ2n) is 4.90. The molecule has 0 saturated heterocycles. The van der Waals surface area contributed by atoms with Crippen molar-refractivity contribution in [3.8, 4) is 11.5 Å². The number of aromatic nitrogens is 1. The van der Waals surface area contributed by atoms with E-state index in [1.807, 2.05) is 42.5 Å². The molecule has 0 unspecified atom stereocenters. The van der Waals surface area contributed by atoms with Gasteiger partial charge in [0.1, 0.15) is 17.0 Å². The molecule has 0 atom stereocenters. The van der Waals surface area contributed by atoms with E-state index in [0.29, 0.717) is 10.9 Å². The molecule has 6 heteroatoms. The molecule has 3 rings (SSSR count). The number of hydrogen-bond acceptors (Lipinski definition) is 5. The molecule has 0 spiro atoms. The fraction of sp³-hybridized carbons (Fsp3) is 0.176. The SMILES string of the molecule is COc1cccc(CC(=O)Nc2nc3c(OC)cccc3s2)c1. The first-order chi connectivity index (χ1) is 11.2. The Balaban J connectivity index is 1.75. The zero-order valence-electron chi connectivity index (χ0n) is 12.8. The van der Waals surface area contributed by atoms with Gasteiger partial charge in [-0.2, -0.15) is 0 Å². The zero-order valence-corrected chi connectivity index (χ0v) is 13.6. The number of methoxy groups -OCH3 is 2. The summed E-state index contributed by atoms with van der Waals surface area (Å²) < 4.78 is 11.4. The standard InChI is InChI=1S/C17H16N2O3S/c1-21-12-6-3-5-11(9-12)10-15(20)18-17-19-16-13(22-2)7-4-8-14(16)23-17/h3-9H,10H2,1-2H3,(H,18,19,20). The van der Waals surface area contributed by atoms with Crippen LogP contribution in [-0.4, -0.2) is 25.1 Å². The van der Waals surface area contributed by atoms with Crippen molar-refractivity contribution in [2.24, 2.45) is 0 Å². The first-order valence-corrected chi connectivity index (χ1v) is 7.87. The first-order valence-electron chi connectivity index (χ1n) is 7.06. The number of thiazole rings is 1. The van der Waals surface area contributed by atoms with E-state index in [0.717, 1.165) is 21.5 Å². The molecule has 1 heterocycles. The molecule has 3 aromatic rings. The number of fused-ring (bicyclic) bond motifs is 1. The minimum Gasteiger partial charge on any atom is -0.497 e. The molecule has 1 N–H and O–H groups in total. The van der Waals surface area contributed by atoms with E-state index in [1.54, 1.807) is 14.2 Å². The molecule has 23 heavy (non-hydrogen) atoms. The molecule has 0 radical (unpaired) electrons. The van der Waals surface area contributed by atoms with Crippen LogP contribution in [-0.2, 0) is 11.2 Å². The minimum absolute atomic E-state index is 0.115. The van der Waals surface area contributed by atoms with E-state index < -0.39 is 0 Å². The van der Waals surface area contributed by atoms with Crippen LogP contribution < -0.4 is 14.8 Å². The molecule has 0 aliphatic carbocycles. The summed E-state index contributed by atoms with van der Waals surface area (Å²) in [7, 11) is 3.21. The molecule has 0 aliphatic rings. The second-order valence-corrected chi connectivity index (χ2v) is 5.93. The molecular formula is C17H16N2O3S. The van der Waals surface area contributed by atoms with Crippen molar-refractivity contribution in [2.45, 2.75) is 6.42 Å². The summed E-state index contributed by atoms with van der Waals surface area (Å²) in [5, 5.41) is 3.41. The van der Waals surface area contributed by atoms with Crippen molar-refractivity contribution in [1.29, 1.82) is 0 Å². The fourth-order valence-electron chi connectivity index (χ4n) is 2.27. The topological polar surface area (TPSA) is 60.5 Å². The van der Waals surface area contributed by atoms with Crippen LogP contribution in [0.25, 0.3) is 10.2 Å². The predicted octanol–water partition coefficient (Wildman–Crippen LogP) is 3.49. The lowest BCUT2D eigenvalue weighted by molar-refractivity contribution is -0.115. The van der Waals surface area contributed by atoms with Gasteiger partial charge in [0.2, 0.25) is 5.91 Å². The van der Waals surface area contributed by atoms with E-state index in [2.05, 4.69) is 10.3 Å². The molecule has 1 amide bonds. The largest absolute Gasteiger partial charge is 0.497 e. The number of carbonyl (C=O) groups is 1. The maximum Gasteiger partial charge on any atom is 0.230 e. The van der Waals surface area contributed by atoms with Gasteiger partial charge in [0.15, 0.2) is 5.13 Å². The van der Waals surface area contributed by atoms with Crippen LogP contribution in [0.1, 0.15) is 5.56 Å². The average molecular weight is 328 g/mol. The number of hydrogen-bond donors (Lipinski definition) is 1. The molecule has 118 valence electrons. The third kappa shape index (κ3) is 3.43. The van der Waals surface area contributed by atoms with Crippen LogP contribution in [0.3, 0.4) is 0 Å². The Hall–Kier alpha value is -2.60. The van der Waals surface area contributed by atoms with Gasteiger partial charge in [-0.05, 0) is 29.8 Å². The fourth-order valence-corrected chi connectivity index (χ4v) is 3.17. The number of carbonyl (C=O) groups excluding carboxylic acids is 1. The molecular weight excluding hydrogens is 312 g/mol. The number of para-hydroxylation sites is 1. The van der Waals surface area contributed by atoms with E-state index in [4.69, 9.17) is 9.47 Å². The molecule has 2 aromatic carbocycles. The van der Waals surface area contributed by atoms with Gasteiger partial charge in [0.25, 0.3) is 0 Å². The second kappa shape index (κ2) is 6.66. The highest BCUT2D eigenvalue weighted by molar-refractivity contribution is 7.22. The Morgan fingerprint density at radius 3 is 2.78 bits per heavy atom. The summed E-state index contributed by atoms with van der Waals surface area (Å²) in [4.78, 5) is 16.6. The van der Waals surface area contributed by atoms with E-state index in [9.17, 15) is 4.79 Å². The van der Waals surface area contributed by atoms with Crippen molar-refractivity contribution in [3.63, 3.8) is 0 Å². The molecule has 0 fully saturated rings. The number of ether oxygens (including phenoxy) is 2. The average Bonchev–Trinajstić information content (AvgIpc) is 2.96. The maximum absolute atomic E-state index is 12.2. The van der Waals surface area contributed by atoms with Gasteiger partial charge in [-0.25, -0.2) is 4.98 Å². The molecule has 1 aromatic heterocycles. The van der Waals surface area contributed by atoms with Crippen molar-refractivity contribution >= 4 is 32.6 Å². The van der Waals surface area contributed by atoms with E-state index >= 15 is 0 Å². The lowest BCUT2D eigenvalue weighted by atomic mass is 10.1. The molecule has 0 bridgehead atoms. The van der Waals surface area contributed by atoms with Crippen LogP contribution in [0, 0.1) is 0 Å². The summed E-state index contributed by atoms with van der Waals surface area (Å²) >= 11 is 1.43. The number of benzene rings is 2. The van der Waals surface area contributed by atoms with E-state index in [1.165, 1.54) is 11.3 Å². The van der Waals surface area contributed by atoms with Gasteiger partial charge in [-0.3, -0.25) is 4.79 Å². The first kappa shape index (κ1) is 15.3. The summed E-state index contributed by atoms with van der Waals surface area (Å²) in [6.45, 7) is 0. The lowest BCUT2D eigenvalue weighted by Crippen LogP contribution is -2.14. The summed E-state index contributed by atoms with van der Waals surface area (Å²) in [5.41, 5.74) is 1.65. The van der Waals surface area contributed by atoms with Crippen molar-refractivity contribution in [2.75, 3.05) is 19.5 Å². The van der Waals surface area contributed by atoms with Gasteiger partial charge in [-0.1, -0.05) is 29.5 Å². The summed E-state index contributed by atoms with van der Waals surface area (Å²) in [5.74, 6) is 1.32. The summed E-state index contributed by atoms with van der Waals surface area (Å²) in [6.07, 6.45) is 0.268. The van der Waals surface area contributed by atoms with E-state index in [-0.39, 0.29) is 12.3 Å². The van der Waals surface area contributed by atoms with Crippen LogP contribution in [0.15, 0.2) is 42.5 Å². The highest BCUT2D eigenvalue weighted by Crippen LogP contribution is 2.32. The predicted molar refractivity (Wildman–Crippen MR) is 91.5 cm³/mol. The zero-order chi connectivity index (χ0) is 16.2. The number of rotatable bonds is 5. The Bertz CT molecular complexity index is 845. The van der Waals surface area contributed by atoms with Gasteiger partial charge in [-0.15, -0.1) is 0 Å². The van der Waals surface area contributed by atoms with Crippen LogP contribution >= 0.6 is 11.3 Å². The highest BCUT2D eigenvalue weighted by Gasteiger charge is 2.11. The normalized spacial score (nSPS) is 10.5. The smallest absolute Gasteiger partial charge is 0.230 e. The Morgan fingerprint density at radius 1 is 1.17 bits per heavy atom. The van der Waals surface area contributed by atoms with Crippen LogP contribution in [0.5, 0.6) is 11.5 Å². The van der Waals surface area contributed by atoms with Crippen molar-refractivity contribution < 1.29 is 14.3 Å². The number of nitrogens with one attached hydrogen (secondary N) is 1. The number of nitrogens with zero attached hydrogens (tertiary/aromatic N) is 1. The highest BCUT2D eigenvalue weighted by atomic mass is 32.1. The third-order valence-electron chi connectivity index (χ3n) is 3.35. The Kier molecular flexibility index (Phi) is 4.43. The monoisotopic (exact) mass is 328 g/mol. The number of anilines is 1. The van der Waals surface area contributed by atoms with Gasteiger partial charge < -0.3 is 14.8 Å². The van der Waals surface area contributed by atoms with Crippen molar-refractivity contribution in [1.82, 2.24) is 4.98 Å². The minimum atomic E-state index is -0.115. The van der Waals surface area contributed by atoms with Gasteiger partial charge in [0.05, 0.1) is 25.3 Å². The quantitative estimate of drug-likeness (QED) is 0.779. The number of amides is 1. The molecule has 0 saturated carbocycles.